The van der Waals surface area contributed by atoms with E-state index < -0.39 is 0 Å². The summed E-state index contributed by atoms with van der Waals surface area (Å²) in [6.07, 6.45) is 7.89. The van der Waals surface area contributed by atoms with E-state index in [2.05, 4.69) is 24.1 Å². The molecular formula is C13H22ClN3. The number of nitrogen functional groups attached to an aromatic ring is 1. The first-order chi connectivity index (χ1) is 8.13. The van der Waals surface area contributed by atoms with Crippen molar-refractivity contribution in [3.8, 4) is 0 Å². The lowest BCUT2D eigenvalue weighted by molar-refractivity contribution is 0.593. The molecule has 1 rings (SSSR count). The second kappa shape index (κ2) is 7.38. The normalized spacial score (nSPS) is 12.4. The van der Waals surface area contributed by atoms with Gasteiger partial charge in [0, 0.05) is 6.04 Å². The van der Waals surface area contributed by atoms with Crippen LogP contribution in [0.5, 0.6) is 0 Å². The third-order valence-corrected chi connectivity index (χ3v) is 3.02. The van der Waals surface area contributed by atoms with Gasteiger partial charge in [0.25, 0.3) is 0 Å². The lowest BCUT2D eigenvalue weighted by atomic mass is 10.1. The summed E-state index contributed by atoms with van der Waals surface area (Å²) in [6, 6.07) is 2.11. The van der Waals surface area contributed by atoms with E-state index in [-0.39, 0.29) is 0 Å². The van der Waals surface area contributed by atoms with Crippen LogP contribution in [-0.4, -0.2) is 11.0 Å². The van der Waals surface area contributed by atoms with Gasteiger partial charge in [-0.1, -0.05) is 44.2 Å². The second-order valence-corrected chi connectivity index (χ2v) is 4.90. The molecule has 3 N–H and O–H groups in total. The lowest BCUT2D eigenvalue weighted by Crippen LogP contribution is -2.16. The van der Waals surface area contributed by atoms with E-state index in [9.17, 15) is 0 Å². The van der Waals surface area contributed by atoms with E-state index in [0.29, 0.717) is 16.8 Å². The number of halogens is 1. The first kappa shape index (κ1) is 14.1. The van der Waals surface area contributed by atoms with E-state index in [4.69, 9.17) is 17.3 Å². The fourth-order valence-corrected chi connectivity index (χ4v) is 1.97. The van der Waals surface area contributed by atoms with E-state index in [1.54, 1.807) is 12.3 Å². The van der Waals surface area contributed by atoms with E-state index in [1.165, 1.54) is 25.7 Å². The molecule has 3 nitrogen and oxygen atoms in total. The highest BCUT2D eigenvalue weighted by Gasteiger charge is 2.06. The molecule has 1 aromatic rings. The highest BCUT2D eigenvalue weighted by atomic mass is 35.5. The van der Waals surface area contributed by atoms with Crippen LogP contribution in [0.15, 0.2) is 12.3 Å². The zero-order valence-electron chi connectivity index (χ0n) is 10.7. The van der Waals surface area contributed by atoms with Crippen molar-refractivity contribution in [2.45, 2.75) is 52.0 Å². The van der Waals surface area contributed by atoms with Gasteiger partial charge in [0.05, 0.1) is 16.9 Å². The third kappa shape index (κ3) is 5.26. The molecule has 0 spiro atoms. The summed E-state index contributed by atoms with van der Waals surface area (Å²) in [5.41, 5.74) is 6.19. The first-order valence-electron chi connectivity index (χ1n) is 6.31. The minimum absolute atomic E-state index is 0.389. The average Bonchev–Trinajstić information content (AvgIpc) is 2.28. The van der Waals surface area contributed by atoms with Crippen LogP contribution in [0.1, 0.15) is 46.0 Å². The molecule has 4 heteroatoms. The van der Waals surface area contributed by atoms with Crippen molar-refractivity contribution in [3.63, 3.8) is 0 Å². The SMILES string of the molecule is CCCCCCC(C)Nc1ncc(N)cc1Cl. The van der Waals surface area contributed by atoms with Gasteiger partial charge in [-0.2, -0.15) is 0 Å². The molecule has 0 fully saturated rings. The summed E-state index contributed by atoms with van der Waals surface area (Å²) in [5.74, 6) is 0.726. The molecule has 0 saturated heterocycles. The predicted molar refractivity (Wildman–Crippen MR) is 75.5 cm³/mol. The van der Waals surface area contributed by atoms with Gasteiger partial charge in [-0.25, -0.2) is 4.98 Å². The molecule has 96 valence electrons. The topological polar surface area (TPSA) is 50.9 Å². The fraction of sp³-hybridized carbons (Fsp3) is 0.615. The highest BCUT2D eigenvalue weighted by molar-refractivity contribution is 6.33. The van der Waals surface area contributed by atoms with Gasteiger partial charge in [0.15, 0.2) is 0 Å². The number of nitrogens with one attached hydrogen (secondary N) is 1. The quantitative estimate of drug-likeness (QED) is 0.722. The lowest BCUT2D eigenvalue weighted by Gasteiger charge is -2.15. The molecule has 1 unspecified atom stereocenters. The Balaban J connectivity index is 2.37. The second-order valence-electron chi connectivity index (χ2n) is 4.49. The average molecular weight is 256 g/mol. The van der Waals surface area contributed by atoms with Crippen LogP contribution in [0.4, 0.5) is 11.5 Å². The van der Waals surface area contributed by atoms with E-state index in [0.717, 1.165) is 12.2 Å². The molecule has 0 bridgehead atoms. The molecule has 0 aromatic carbocycles. The summed E-state index contributed by atoms with van der Waals surface area (Å²) in [5, 5.41) is 3.90. The number of pyridine rings is 1. The maximum Gasteiger partial charge on any atom is 0.145 e. The van der Waals surface area contributed by atoms with Crippen molar-refractivity contribution in [2.75, 3.05) is 11.1 Å². The molecule has 1 heterocycles. The minimum atomic E-state index is 0.389. The van der Waals surface area contributed by atoms with Crippen LogP contribution in [0.2, 0.25) is 5.02 Å². The van der Waals surface area contributed by atoms with Crippen molar-refractivity contribution >= 4 is 23.1 Å². The first-order valence-corrected chi connectivity index (χ1v) is 6.68. The molecule has 1 aromatic heterocycles. The van der Waals surface area contributed by atoms with Crippen molar-refractivity contribution in [3.05, 3.63) is 17.3 Å². The number of hydrogen-bond acceptors (Lipinski definition) is 3. The van der Waals surface area contributed by atoms with Crippen LogP contribution < -0.4 is 11.1 Å². The third-order valence-electron chi connectivity index (χ3n) is 2.74. The molecule has 0 aliphatic rings. The monoisotopic (exact) mass is 255 g/mol. The van der Waals surface area contributed by atoms with Crippen LogP contribution >= 0.6 is 11.6 Å². The van der Waals surface area contributed by atoms with Gasteiger partial charge < -0.3 is 11.1 Å². The molecule has 0 saturated carbocycles. The van der Waals surface area contributed by atoms with E-state index in [1.807, 2.05) is 0 Å². The van der Waals surface area contributed by atoms with Crippen LogP contribution in [0, 0.1) is 0 Å². The molecule has 1 atom stereocenters. The van der Waals surface area contributed by atoms with Gasteiger partial charge in [-0.15, -0.1) is 0 Å². The Morgan fingerprint density at radius 3 is 2.82 bits per heavy atom. The summed E-state index contributed by atoms with van der Waals surface area (Å²) >= 11 is 6.05. The summed E-state index contributed by atoms with van der Waals surface area (Å²) in [6.45, 7) is 4.38. The number of aromatic nitrogens is 1. The Hall–Kier alpha value is -0.960. The number of nitrogens with zero attached hydrogens (tertiary/aromatic N) is 1. The molecule has 17 heavy (non-hydrogen) atoms. The van der Waals surface area contributed by atoms with Gasteiger partial charge in [-0.05, 0) is 19.4 Å². The summed E-state index contributed by atoms with van der Waals surface area (Å²) < 4.78 is 0. The Bertz CT molecular complexity index is 341. The Kier molecular flexibility index (Phi) is 6.12. The van der Waals surface area contributed by atoms with Crippen molar-refractivity contribution in [1.29, 1.82) is 0 Å². The Morgan fingerprint density at radius 1 is 1.41 bits per heavy atom. The number of hydrogen-bond donors (Lipinski definition) is 2. The van der Waals surface area contributed by atoms with Gasteiger partial charge >= 0.3 is 0 Å². The maximum absolute atomic E-state index is 6.05. The van der Waals surface area contributed by atoms with Crippen molar-refractivity contribution in [2.24, 2.45) is 0 Å². The molecule has 0 aliphatic carbocycles. The maximum atomic E-state index is 6.05. The minimum Gasteiger partial charge on any atom is -0.397 e. The Labute approximate surface area is 109 Å². The van der Waals surface area contributed by atoms with Gasteiger partial charge in [0.1, 0.15) is 5.82 Å². The largest absolute Gasteiger partial charge is 0.397 e. The standard InChI is InChI=1S/C13H22ClN3/c1-3-4-5-6-7-10(2)17-13-12(14)8-11(15)9-16-13/h8-10H,3-7,15H2,1-2H3,(H,16,17). The summed E-state index contributed by atoms with van der Waals surface area (Å²) in [4.78, 5) is 4.19. The zero-order chi connectivity index (χ0) is 12.7. The molecule has 0 radical (unpaired) electrons. The fourth-order valence-electron chi connectivity index (χ4n) is 1.74. The number of rotatable bonds is 7. The predicted octanol–water partition coefficient (Wildman–Crippen LogP) is 4.09. The zero-order valence-corrected chi connectivity index (χ0v) is 11.4. The summed E-state index contributed by atoms with van der Waals surface area (Å²) in [7, 11) is 0. The van der Waals surface area contributed by atoms with Crippen molar-refractivity contribution < 1.29 is 0 Å². The van der Waals surface area contributed by atoms with Crippen molar-refractivity contribution in [1.82, 2.24) is 4.98 Å². The molecule has 0 amide bonds. The molecule has 0 aliphatic heterocycles. The van der Waals surface area contributed by atoms with Gasteiger partial charge in [0.2, 0.25) is 0 Å². The number of unbranched alkanes of at least 4 members (excludes halogenated alkanes) is 3. The van der Waals surface area contributed by atoms with Crippen LogP contribution in [0.25, 0.3) is 0 Å². The van der Waals surface area contributed by atoms with Crippen LogP contribution in [-0.2, 0) is 0 Å². The molecular weight excluding hydrogens is 234 g/mol. The highest BCUT2D eigenvalue weighted by Crippen LogP contribution is 2.22. The van der Waals surface area contributed by atoms with Gasteiger partial charge in [-0.3, -0.25) is 0 Å². The Morgan fingerprint density at radius 2 is 2.18 bits per heavy atom. The number of nitrogens with two attached hydrogens (primary N) is 1. The number of anilines is 2. The smallest absolute Gasteiger partial charge is 0.145 e. The van der Waals surface area contributed by atoms with Crippen LogP contribution in [0.3, 0.4) is 0 Å². The van der Waals surface area contributed by atoms with E-state index >= 15 is 0 Å².